The normalized spacial score (nSPS) is 21.6. The largest absolute Gasteiger partial charge is 0.325 e. The van der Waals surface area contributed by atoms with Crippen LogP contribution in [0.3, 0.4) is 0 Å². The molecule has 0 radical (unpaired) electrons. The van der Waals surface area contributed by atoms with Crippen LogP contribution in [0.15, 0.2) is 17.8 Å². The molecular formula is C16H24N6OS. The third-order valence-corrected chi connectivity index (χ3v) is 5.58. The molecule has 0 aromatic carbocycles. The highest BCUT2D eigenvalue weighted by Crippen LogP contribution is 2.27. The number of aromatic amines is 1. The summed E-state index contributed by atoms with van der Waals surface area (Å²) in [4.78, 5) is 21.2. The average molecular weight is 348 g/mol. The number of hydrogen-bond donors (Lipinski definition) is 2. The Labute approximate surface area is 146 Å². The summed E-state index contributed by atoms with van der Waals surface area (Å²) in [6, 6.07) is 0.665. The molecule has 2 N–H and O–H groups in total. The van der Waals surface area contributed by atoms with Crippen molar-refractivity contribution in [3.63, 3.8) is 0 Å². The minimum atomic E-state index is -0.101. The van der Waals surface area contributed by atoms with Crippen molar-refractivity contribution in [3.8, 4) is 10.7 Å². The van der Waals surface area contributed by atoms with E-state index < -0.39 is 0 Å². The zero-order chi connectivity index (χ0) is 17.1. The van der Waals surface area contributed by atoms with E-state index in [9.17, 15) is 4.79 Å². The Balaban J connectivity index is 1.64. The molecule has 2 aromatic heterocycles. The number of rotatable bonds is 4. The van der Waals surface area contributed by atoms with Gasteiger partial charge < -0.3 is 15.1 Å². The first-order valence-electron chi connectivity index (χ1n) is 8.31. The summed E-state index contributed by atoms with van der Waals surface area (Å²) in [7, 11) is 1.87. The third-order valence-electron chi connectivity index (χ3n) is 4.79. The summed E-state index contributed by atoms with van der Waals surface area (Å²) in [5.41, 5.74) is 1.42. The van der Waals surface area contributed by atoms with Crippen LogP contribution in [0.5, 0.6) is 0 Å². The number of nitrogens with zero attached hydrogens (tertiary/aromatic N) is 4. The Bertz CT molecular complexity index is 670. The molecule has 1 fully saturated rings. The standard InChI is InChI=1S/C16H24N6OS/c1-4-22-7-5-12(9-11(22)2)21(3)16(23)19-13-10-18-20-14(13)15-17-6-8-24-15/h6,8,10-12H,4-5,7,9H2,1-3H3,(H,18,20)(H,19,23). The molecule has 130 valence electrons. The number of piperidine rings is 1. The summed E-state index contributed by atoms with van der Waals surface area (Å²) in [5, 5.41) is 12.6. The molecule has 2 amide bonds. The Morgan fingerprint density at radius 1 is 1.58 bits per heavy atom. The molecule has 3 heterocycles. The van der Waals surface area contributed by atoms with Crippen LogP contribution in [-0.2, 0) is 0 Å². The van der Waals surface area contributed by atoms with Gasteiger partial charge in [0, 0.05) is 37.3 Å². The number of hydrogen-bond acceptors (Lipinski definition) is 5. The van der Waals surface area contributed by atoms with E-state index in [2.05, 4.69) is 39.2 Å². The van der Waals surface area contributed by atoms with E-state index in [1.165, 1.54) is 11.3 Å². The number of H-pyrrole nitrogens is 1. The summed E-state index contributed by atoms with van der Waals surface area (Å²) in [6.07, 6.45) is 5.38. The smallest absolute Gasteiger partial charge is 0.321 e. The molecule has 0 bridgehead atoms. The molecule has 2 atom stereocenters. The summed E-state index contributed by atoms with van der Waals surface area (Å²) >= 11 is 1.51. The maximum absolute atomic E-state index is 12.6. The molecule has 0 saturated carbocycles. The van der Waals surface area contributed by atoms with Gasteiger partial charge in [0.2, 0.25) is 0 Å². The molecule has 1 aliphatic heterocycles. The fraction of sp³-hybridized carbons (Fsp3) is 0.562. The topological polar surface area (TPSA) is 77.1 Å². The second kappa shape index (κ2) is 7.31. The molecule has 0 aliphatic carbocycles. The predicted molar refractivity (Wildman–Crippen MR) is 96.2 cm³/mol. The Hall–Kier alpha value is -1.93. The summed E-state index contributed by atoms with van der Waals surface area (Å²) in [5.74, 6) is 0. The van der Waals surface area contributed by atoms with Gasteiger partial charge in [-0.05, 0) is 26.3 Å². The lowest BCUT2D eigenvalue weighted by molar-refractivity contribution is 0.104. The highest BCUT2D eigenvalue weighted by molar-refractivity contribution is 7.13. The number of urea groups is 1. The number of thiazole rings is 1. The highest BCUT2D eigenvalue weighted by Gasteiger charge is 2.29. The van der Waals surface area contributed by atoms with Crippen LogP contribution in [0.25, 0.3) is 10.7 Å². The first-order valence-corrected chi connectivity index (χ1v) is 9.19. The number of nitrogens with one attached hydrogen (secondary N) is 2. The first kappa shape index (κ1) is 16.9. The van der Waals surface area contributed by atoms with Crippen LogP contribution in [0.4, 0.5) is 10.5 Å². The van der Waals surface area contributed by atoms with Crippen LogP contribution < -0.4 is 5.32 Å². The van der Waals surface area contributed by atoms with Gasteiger partial charge in [0.15, 0.2) is 0 Å². The molecule has 7 nitrogen and oxygen atoms in total. The number of likely N-dealkylation sites (tertiary alicyclic amines) is 1. The van der Waals surface area contributed by atoms with Gasteiger partial charge in [-0.25, -0.2) is 9.78 Å². The average Bonchev–Trinajstić information content (AvgIpc) is 3.25. The highest BCUT2D eigenvalue weighted by atomic mass is 32.1. The second-order valence-electron chi connectivity index (χ2n) is 6.19. The van der Waals surface area contributed by atoms with Crippen molar-refractivity contribution < 1.29 is 4.79 Å². The number of carbonyl (C=O) groups excluding carboxylic acids is 1. The van der Waals surface area contributed by atoms with Crippen molar-refractivity contribution in [3.05, 3.63) is 17.8 Å². The maximum atomic E-state index is 12.6. The Kier molecular flexibility index (Phi) is 5.15. The van der Waals surface area contributed by atoms with Crippen molar-refractivity contribution in [2.24, 2.45) is 0 Å². The summed E-state index contributed by atoms with van der Waals surface area (Å²) < 4.78 is 0. The van der Waals surface area contributed by atoms with Crippen LogP contribution in [0.2, 0.25) is 0 Å². The maximum Gasteiger partial charge on any atom is 0.321 e. The fourth-order valence-electron chi connectivity index (χ4n) is 3.28. The quantitative estimate of drug-likeness (QED) is 0.891. The molecule has 1 aliphatic rings. The second-order valence-corrected chi connectivity index (χ2v) is 7.09. The fourth-order valence-corrected chi connectivity index (χ4v) is 3.92. The zero-order valence-electron chi connectivity index (χ0n) is 14.3. The van der Waals surface area contributed by atoms with Gasteiger partial charge in [0.05, 0.1) is 11.9 Å². The van der Waals surface area contributed by atoms with Crippen LogP contribution in [-0.4, -0.2) is 63.2 Å². The summed E-state index contributed by atoms with van der Waals surface area (Å²) in [6.45, 7) is 6.52. The van der Waals surface area contributed by atoms with Gasteiger partial charge in [0.1, 0.15) is 10.7 Å². The van der Waals surface area contributed by atoms with Crippen molar-refractivity contribution in [2.75, 3.05) is 25.5 Å². The molecule has 2 unspecified atom stereocenters. The number of amides is 2. The van der Waals surface area contributed by atoms with Crippen molar-refractivity contribution >= 4 is 23.1 Å². The van der Waals surface area contributed by atoms with E-state index in [-0.39, 0.29) is 12.1 Å². The van der Waals surface area contributed by atoms with Gasteiger partial charge in [-0.15, -0.1) is 11.3 Å². The minimum Gasteiger partial charge on any atom is -0.325 e. The van der Waals surface area contributed by atoms with E-state index in [1.807, 2.05) is 17.3 Å². The molecule has 0 spiro atoms. The molecule has 3 rings (SSSR count). The lowest BCUT2D eigenvalue weighted by Crippen LogP contribution is -2.50. The minimum absolute atomic E-state index is 0.101. The zero-order valence-corrected chi connectivity index (χ0v) is 15.1. The van der Waals surface area contributed by atoms with E-state index in [1.54, 1.807) is 12.4 Å². The van der Waals surface area contributed by atoms with Gasteiger partial charge in [-0.3, -0.25) is 5.10 Å². The van der Waals surface area contributed by atoms with Gasteiger partial charge >= 0.3 is 6.03 Å². The monoisotopic (exact) mass is 348 g/mol. The molecule has 2 aromatic rings. The van der Waals surface area contributed by atoms with Crippen LogP contribution in [0.1, 0.15) is 26.7 Å². The lowest BCUT2D eigenvalue weighted by atomic mass is 9.97. The Morgan fingerprint density at radius 2 is 2.42 bits per heavy atom. The van der Waals surface area contributed by atoms with Gasteiger partial charge in [-0.2, -0.15) is 5.10 Å². The van der Waals surface area contributed by atoms with Gasteiger partial charge in [0.25, 0.3) is 0 Å². The van der Waals surface area contributed by atoms with Gasteiger partial charge in [-0.1, -0.05) is 6.92 Å². The van der Waals surface area contributed by atoms with E-state index >= 15 is 0 Å². The van der Waals surface area contributed by atoms with Crippen LogP contribution in [0, 0.1) is 0 Å². The molecule has 8 heteroatoms. The van der Waals surface area contributed by atoms with E-state index in [0.717, 1.165) is 36.6 Å². The predicted octanol–water partition coefficient (Wildman–Crippen LogP) is 2.87. The van der Waals surface area contributed by atoms with Crippen molar-refractivity contribution in [2.45, 2.75) is 38.8 Å². The molecule has 1 saturated heterocycles. The lowest BCUT2D eigenvalue weighted by Gasteiger charge is -2.40. The third kappa shape index (κ3) is 3.44. The molecule has 24 heavy (non-hydrogen) atoms. The van der Waals surface area contributed by atoms with Crippen molar-refractivity contribution in [1.29, 1.82) is 0 Å². The van der Waals surface area contributed by atoms with E-state index in [4.69, 9.17) is 0 Å². The van der Waals surface area contributed by atoms with Crippen LogP contribution >= 0.6 is 11.3 Å². The van der Waals surface area contributed by atoms with Crippen molar-refractivity contribution in [1.82, 2.24) is 25.0 Å². The SMILES string of the molecule is CCN1CCC(N(C)C(=O)Nc2cn[nH]c2-c2nccs2)CC1C. The molecular weight excluding hydrogens is 324 g/mol. The first-order chi connectivity index (χ1) is 11.6. The number of aromatic nitrogens is 3. The number of carbonyl (C=O) groups is 1. The number of anilines is 1. The van der Waals surface area contributed by atoms with E-state index in [0.29, 0.717) is 11.7 Å². The Morgan fingerprint density at radius 3 is 3.08 bits per heavy atom.